The second-order valence-electron chi connectivity index (χ2n) is 6.95. The zero-order chi connectivity index (χ0) is 24.8. The summed E-state index contributed by atoms with van der Waals surface area (Å²) in [5.74, 6) is -2.32. The van der Waals surface area contributed by atoms with Gasteiger partial charge in [-0.3, -0.25) is 4.57 Å². The van der Waals surface area contributed by atoms with E-state index in [-0.39, 0.29) is 5.56 Å². The summed E-state index contributed by atoms with van der Waals surface area (Å²) in [7, 11) is -4.99. The molecule has 33 heavy (non-hydrogen) atoms. The number of aliphatic hydroxyl groups is 2. The van der Waals surface area contributed by atoms with E-state index in [0.717, 1.165) is 11.9 Å². The summed E-state index contributed by atoms with van der Waals surface area (Å²) in [6.45, 7) is -0.702. The Kier molecular flexibility index (Phi) is 9.16. The number of H-pyrrole nitrogens is 1. The number of carboxylic acids is 2. The van der Waals surface area contributed by atoms with Crippen LogP contribution in [0, 0.1) is 0 Å². The molecule has 0 amide bonds. The number of nitrogens with one attached hydrogen (secondary N) is 1. The highest BCUT2D eigenvalue weighted by Crippen LogP contribution is 2.33. The van der Waals surface area contributed by atoms with Crippen molar-refractivity contribution in [1.29, 1.82) is 0 Å². The lowest BCUT2D eigenvalue weighted by molar-refractivity contribution is -0.765. The Labute approximate surface area is 186 Å². The average molecular weight is 490 g/mol. The van der Waals surface area contributed by atoms with Gasteiger partial charge in [0.2, 0.25) is 0 Å². The molecule has 0 radical (unpaired) electrons. The third-order valence-electron chi connectivity index (χ3n) is 4.46. The lowest BCUT2D eigenvalue weighted by atomic mass is 10.1. The molecule has 1 saturated heterocycles. The number of aromatic amines is 1. The van der Waals surface area contributed by atoms with Crippen LogP contribution in [-0.2, 0) is 25.0 Å². The molecule has 0 saturated carbocycles. The molecular weight excluding hydrogens is 467 g/mol. The molecule has 0 spiro atoms. The fourth-order valence-electron chi connectivity index (χ4n) is 2.80. The maximum atomic E-state index is 10.8. The molecule has 182 valence electrons. The van der Waals surface area contributed by atoms with Crippen LogP contribution in [0.15, 0.2) is 37.1 Å². The third-order valence-corrected chi connectivity index (χ3v) is 4.94. The van der Waals surface area contributed by atoms with Gasteiger partial charge in [0.25, 0.3) is 14.1 Å². The van der Waals surface area contributed by atoms with Crippen molar-refractivity contribution < 1.29 is 63.9 Å². The van der Waals surface area contributed by atoms with Gasteiger partial charge in [-0.15, -0.1) is 0 Å². The molecule has 15 nitrogen and oxygen atoms in total. The summed E-state index contributed by atoms with van der Waals surface area (Å²) < 4.78 is 21.1. The number of quaternary nitrogens is 1. The summed E-state index contributed by atoms with van der Waals surface area (Å²) in [5.41, 5.74) is 4.09. The fourth-order valence-corrected chi connectivity index (χ4v) is 3.14. The summed E-state index contributed by atoms with van der Waals surface area (Å²) in [4.78, 5) is 46.7. The van der Waals surface area contributed by atoms with E-state index in [0.29, 0.717) is 6.42 Å². The van der Waals surface area contributed by atoms with E-state index in [1.54, 1.807) is 6.20 Å². The molecule has 1 unspecified atom stereocenters. The Morgan fingerprint density at radius 1 is 1.39 bits per heavy atom. The Morgan fingerprint density at radius 2 is 2.09 bits per heavy atom. The predicted molar refractivity (Wildman–Crippen MR) is 99.3 cm³/mol. The first-order valence-electron chi connectivity index (χ1n) is 9.34. The minimum absolute atomic E-state index is 0.174. The highest BCUT2D eigenvalue weighted by atomic mass is 31.2. The summed E-state index contributed by atoms with van der Waals surface area (Å²) in [5, 5.41) is 39.0. The average Bonchev–Trinajstić information content (AvgIpc) is 3.35. The van der Waals surface area contributed by atoms with Crippen LogP contribution in [0.25, 0.3) is 0 Å². The first-order chi connectivity index (χ1) is 15.4. The van der Waals surface area contributed by atoms with Crippen molar-refractivity contribution >= 4 is 19.8 Å². The van der Waals surface area contributed by atoms with Crippen LogP contribution in [0.2, 0.25) is 0 Å². The monoisotopic (exact) mass is 490 g/mol. The smallest absolute Gasteiger partial charge is 0.362 e. The summed E-state index contributed by atoms with van der Waals surface area (Å²) >= 11 is 0. The molecule has 3 heterocycles. The van der Waals surface area contributed by atoms with E-state index in [2.05, 4.69) is 20.2 Å². The van der Waals surface area contributed by atoms with Gasteiger partial charge < -0.3 is 55.0 Å². The molecule has 1 fully saturated rings. The fraction of sp³-hybridized carbons (Fsp3) is 0.412. The number of aromatic nitrogens is 3. The minimum Gasteiger partial charge on any atom is -0.756 e. The number of phosphoric acid groups is 1. The number of aliphatic carboxylic acids is 1. The topological polar surface area (TPSA) is 257 Å². The number of hydrogen-bond acceptors (Lipinski definition) is 10. The molecule has 3 rings (SSSR count). The first-order valence-corrected chi connectivity index (χ1v) is 10.8. The lowest BCUT2D eigenvalue weighted by Gasteiger charge is -2.19. The van der Waals surface area contributed by atoms with Crippen molar-refractivity contribution in [1.82, 2.24) is 9.97 Å². The number of ether oxygens (including phenoxy) is 1. The number of aliphatic hydroxyl groups excluding tert-OH is 2. The Morgan fingerprint density at radius 3 is 2.64 bits per heavy atom. The van der Waals surface area contributed by atoms with E-state index < -0.39 is 56.9 Å². The molecule has 8 N–H and O–H groups in total. The van der Waals surface area contributed by atoms with Gasteiger partial charge in [0.1, 0.15) is 12.2 Å². The van der Waals surface area contributed by atoms with Crippen LogP contribution in [0.4, 0.5) is 0 Å². The maximum absolute atomic E-state index is 10.8. The number of aromatic carboxylic acids is 1. The largest absolute Gasteiger partial charge is 0.756 e. The number of carbonyl (C=O) groups is 2. The van der Waals surface area contributed by atoms with Gasteiger partial charge in [0.05, 0.1) is 30.9 Å². The lowest BCUT2D eigenvalue weighted by Crippen LogP contribution is -2.66. The van der Waals surface area contributed by atoms with Crippen molar-refractivity contribution in [2.75, 3.05) is 6.61 Å². The molecule has 1 aliphatic rings. The SMILES string of the molecule is O=C([O-])c1ccc[n+]([C@@H]2O[C@H](COP(=O)([O-])O)[C@@H](O)[C@H]2O)c1.[NH3+][C@@H](Cc1cnc[nH]1)C(=O)O. The normalized spacial score (nSPS) is 24.9. The minimum atomic E-state index is -4.99. The maximum Gasteiger partial charge on any atom is 0.362 e. The van der Waals surface area contributed by atoms with E-state index in [4.69, 9.17) is 14.7 Å². The molecule has 0 bridgehead atoms. The van der Waals surface area contributed by atoms with Crippen LogP contribution in [0.5, 0.6) is 0 Å². The Balaban J connectivity index is 0.000000294. The molecule has 2 aromatic rings. The zero-order valence-electron chi connectivity index (χ0n) is 17.0. The number of pyridine rings is 1. The van der Waals surface area contributed by atoms with Gasteiger partial charge in [-0.25, -0.2) is 9.78 Å². The van der Waals surface area contributed by atoms with Crippen LogP contribution in [0.1, 0.15) is 22.3 Å². The van der Waals surface area contributed by atoms with Crippen LogP contribution in [0.3, 0.4) is 0 Å². The van der Waals surface area contributed by atoms with Crippen molar-refractivity contribution in [3.63, 3.8) is 0 Å². The van der Waals surface area contributed by atoms with Gasteiger partial charge >= 0.3 is 5.97 Å². The molecule has 1 aliphatic heterocycles. The quantitative estimate of drug-likeness (QED) is 0.150. The van der Waals surface area contributed by atoms with Gasteiger partial charge in [0, 0.05) is 18.0 Å². The molecular formula is C17H23N4O11P. The summed E-state index contributed by atoms with van der Waals surface area (Å²) in [6.07, 6.45) is 0.697. The standard InChI is InChI=1S/C11H14NO9P.C6H9N3O2/c13-8-7(5-20-22(17,18)19)21-10(9(8)14)12-3-1-2-6(4-12)11(15)16;7-5(6(10)11)1-4-2-8-3-9-4/h1-4,7-10,13-14H,5H2,(H2-,15,16,17,18,19);2-3,5H,1,7H2,(H,8,9)(H,10,11)/t7-,8-,9-,10-;5-/m10/s1. The predicted octanol–water partition coefficient (Wildman–Crippen LogP) is -4.92. The summed E-state index contributed by atoms with van der Waals surface area (Å²) in [6, 6.07) is 2.04. The highest BCUT2D eigenvalue weighted by Gasteiger charge is 2.48. The molecule has 16 heteroatoms. The van der Waals surface area contributed by atoms with Crippen LogP contribution < -0.4 is 20.3 Å². The van der Waals surface area contributed by atoms with Crippen molar-refractivity contribution in [3.8, 4) is 0 Å². The Bertz CT molecular complexity index is 983. The molecule has 2 aromatic heterocycles. The van der Waals surface area contributed by atoms with E-state index >= 15 is 0 Å². The zero-order valence-corrected chi connectivity index (χ0v) is 17.9. The third kappa shape index (κ3) is 7.96. The van der Waals surface area contributed by atoms with Crippen molar-refractivity contribution in [3.05, 3.63) is 48.3 Å². The first kappa shape index (κ1) is 26.5. The number of hydrogen-bond donors (Lipinski definition) is 6. The number of carboxylic acid groups (broad SMARTS) is 2. The van der Waals surface area contributed by atoms with E-state index in [1.165, 1.54) is 29.2 Å². The number of phosphoric ester groups is 1. The second-order valence-corrected chi connectivity index (χ2v) is 8.15. The number of rotatable bonds is 8. The second kappa shape index (κ2) is 11.4. The number of carbonyl (C=O) groups excluding carboxylic acids is 1. The Hall–Kier alpha value is -2.75. The number of imidazole rings is 1. The van der Waals surface area contributed by atoms with Crippen molar-refractivity contribution in [2.45, 2.75) is 37.0 Å². The van der Waals surface area contributed by atoms with Gasteiger partial charge in [-0.2, -0.15) is 4.57 Å². The highest BCUT2D eigenvalue weighted by molar-refractivity contribution is 7.44. The van der Waals surface area contributed by atoms with Gasteiger partial charge in [0.15, 0.2) is 24.5 Å². The molecule has 0 aromatic carbocycles. The molecule has 0 aliphatic carbocycles. The van der Waals surface area contributed by atoms with E-state index in [9.17, 15) is 34.4 Å². The van der Waals surface area contributed by atoms with Gasteiger partial charge in [-0.05, 0) is 6.07 Å². The van der Waals surface area contributed by atoms with Crippen LogP contribution >= 0.6 is 7.82 Å². The van der Waals surface area contributed by atoms with E-state index in [1.807, 2.05) is 0 Å². The number of nitrogens with zero attached hydrogens (tertiary/aromatic N) is 2. The van der Waals surface area contributed by atoms with Crippen LogP contribution in [-0.4, -0.2) is 73.1 Å². The molecule has 6 atom stereocenters. The van der Waals surface area contributed by atoms with Gasteiger partial charge in [-0.1, -0.05) is 0 Å². The van der Waals surface area contributed by atoms with Crippen molar-refractivity contribution in [2.24, 2.45) is 0 Å².